The molecule has 1 saturated heterocycles. The third-order valence-corrected chi connectivity index (χ3v) is 6.03. The number of amides is 1. The number of hydrogen-bond donors (Lipinski definition) is 1. The van der Waals surface area contributed by atoms with Crippen molar-refractivity contribution in [2.75, 3.05) is 0 Å². The van der Waals surface area contributed by atoms with Gasteiger partial charge in [0.05, 0.1) is 6.04 Å². The van der Waals surface area contributed by atoms with Gasteiger partial charge in [-0.2, -0.15) is 0 Å². The lowest BCUT2D eigenvalue weighted by molar-refractivity contribution is -0.155. The van der Waals surface area contributed by atoms with Gasteiger partial charge in [-0.05, 0) is 70.9 Å². The van der Waals surface area contributed by atoms with Crippen LogP contribution in [0.4, 0.5) is 4.79 Å². The van der Waals surface area contributed by atoms with Gasteiger partial charge in [-0.3, -0.25) is 4.90 Å². The number of aliphatic carboxylic acids is 1. The lowest BCUT2D eigenvalue weighted by atomic mass is 10.00. The fraction of sp³-hybridized carbons (Fsp3) is 0.440. The van der Waals surface area contributed by atoms with Crippen molar-refractivity contribution in [1.82, 2.24) is 4.90 Å². The zero-order valence-corrected chi connectivity index (χ0v) is 21.3. The fourth-order valence-corrected chi connectivity index (χ4v) is 4.36. The summed E-state index contributed by atoms with van der Waals surface area (Å²) >= 11 is 12.4. The van der Waals surface area contributed by atoms with E-state index in [2.05, 4.69) is 0 Å². The largest absolute Gasteiger partial charge is 0.489 e. The van der Waals surface area contributed by atoms with Gasteiger partial charge in [-0.1, -0.05) is 41.4 Å². The molecule has 7 nitrogen and oxygen atoms in total. The fourth-order valence-electron chi connectivity index (χ4n) is 3.85. The van der Waals surface area contributed by atoms with Crippen LogP contribution in [0.5, 0.6) is 5.75 Å². The molecule has 34 heavy (non-hydrogen) atoms. The molecule has 1 aliphatic heterocycles. The number of ether oxygens (including phenoxy) is 3. The van der Waals surface area contributed by atoms with E-state index in [1.165, 1.54) is 4.90 Å². The molecule has 1 fully saturated rings. The SMILES string of the molecule is CC(C)(C)OC(=O)N1[C@H](Cc2ccc(OCc3c(Cl)cccc3Cl)cc2)[C@@H](C(=O)O)OC1(C)C. The van der Waals surface area contributed by atoms with Crippen LogP contribution in [0.2, 0.25) is 10.0 Å². The Balaban J connectivity index is 1.77. The molecule has 0 spiro atoms. The smallest absolute Gasteiger partial charge is 0.412 e. The number of carboxylic acids is 1. The van der Waals surface area contributed by atoms with E-state index in [4.69, 9.17) is 37.4 Å². The van der Waals surface area contributed by atoms with Crippen LogP contribution in [0.1, 0.15) is 45.7 Å². The van der Waals surface area contributed by atoms with Gasteiger partial charge in [-0.25, -0.2) is 9.59 Å². The van der Waals surface area contributed by atoms with Crippen LogP contribution in [0.25, 0.3) is 0 Å². The van der Waals surface area contributed by atoms with Crippen molar-refractivity contribution in [3.05, 3.63) is 63.6 Å². The molecule has 2 aromatic carbocycles. The minimum Gasteiger partial charge on any atom is -0.489 e. The van der Waals surface area contributed by atoms with Crippen molar-refractivity contribution in [2.24, 2.45) is 0 Å². The number of benzene rings is 2. The predicted molar refractivity (Wildman–Crippen MR) is 129 cm³/mol. The zero-order chi connectivity index (χ0) is 25.3. The van der Waals surface area contributed by atoms with Gasteiger partial charge >= 0.3 is 12.1 Å². The van der Waals surface area contributed by atoms with Gasteiger partial charge in [-0.15, -0.1) is 0 Å². The maximum absolute atomic E-state index is 13.0. The first kappa shape index (κ1) is 26.1. The molecule has 0 aliphatic carbocycles. The Hall–Kier alpha value is -2.48. The summed E-state index contributed by atoms with van der Waals surface area (Å²) in [5.74, 6) is -0.540. The lowest BCUT2D eigenvalue weighted by Crippen LogP contribution is -2.51. The highest BCUT2D eigenvalue weighted by Crippen LogP contribution is 2.36. The Kier molecular flexibility index (Phi) is 7.70. The normalized spacial score (nSPS) is 19.7. The summed E-state index contributed by atoms with van der Waals surface area (Å²) in [5, 5.41) is 10.8. The third-order valence-electron chi connectivity index (χ3n) is 5.32. The molecule has 0 unspecified atom stereocenters. The summed E-state index contributed by atoms with van der Waals surface area (Å²) in [6.45, 7) is 8.79. The summed E-state index contributed by atoms with van der Waals surface area (Å²) < 4.78 is 17.1. The van der Waals surface area contributed by atoms with Crippen LogP contribution in [0.15, 0.2) is 42.5 Å². The van der Waals surface area contributed by atoms with Crippen molar-refractivity contribution < 1.29 is 28.9 Å². The summed E-state index contributed by atoms with van der Waals surface area (Å²) in [7, 11) is 0. The van der Waals surface area contributed by atoms with E-state index >= 15 is 0 Å². The molecule has 184 valence electrons. The maximum atomic E-state index is 13.0. The molecule has 1 amide bonds. The zero-order valence-electron chi connectivity index (χ0n) is 19.8. The molecule has 0 bridgehead atoms. The Morgan fingerprint density at radius 2 is 1.68 bits per heavy atom. The molecule has 0 saturated carbocycles. The average Bonchev–Trinajstić information content (AvgIpc) is 2.98. The van der Waals surface area contributed by atoms with E-state index < -0.39 is 35.5 Å². The Bertz CT molecular complexity index is 1030. The molecule has 1 heterocycles. The summed E-state index contributed by atoms with van der Waals surface area (Å²) in [6.07, 6.45) is -1.56. The molecular weight excluding hydrogens is 481 g/mol. The number of carboxylic acid groups (broad SMARTS) is 1. The molecule has 2 aromatic rings. The number of nitrogens with zero attached hydrogens (tertiary/aromatic N) is 1. The van der Waals surface area contributed by atoms with E-state index in [9.17, 15) is 14.7 Å². The van der Waals surface area contributed by atoms with Gasteiger partial charge < -0.3 is 19.3 Å². The molecule has 1 aliphatic rings. The molecule has 0 radical (unpaired) electrons. The number of carbonyl (C=O) groups is 2. The van der Waals surface area contributed by atoms with Crippen LogP contribution < -0.4 is 4.74 Å². The van der Waals surface area contributed by atoms with Gasteiger partial charge in [0.2, 0.25) is 0 Å². The van der Waals surface area contributed by atoms with Crippen LogP contribution in [0.3, 0.4) is 0 Å². The van der Waals surface area contributed by atoms with Gasteiger partial charge in [0.15, 0.2) is 6.10 Å². The van der Waals surface area contributed by atoms with Gasteiger partial charge in [0.1, 0.15) is 23.7 Å². The van der Waals surface area contributed by atoms with Crippen molar-refractivity contribution in [3.63, 3.8) is 0 Å². The molecule has 9 heteroatoms. The number of rotatable bonds is 6. The van der Waals surface area contributed by atoms with E-state index in [1.54, 1.807) is 65.0 Å². The second-order valence-corrected chi connectivity index (χ2v) is 10.4. The Morgan fingerprint density at radius 3 is 2.21 bits per heavy atom. The van der Waals surface area contributed by atoms with E-state index in [0.29, 0.717) is 21.4 Å². The minimum atomic E-state index is -1.19. The van der Waals surface area contributed by atoms with Crippen LogP contribution >= 0.6 is 23.2 Å². The monoisotopic (exact) mass is 509 g/mol. The standard InChI is InChI=1S/C25H29Cl2NO6/c1-24(2,3)34-23(31)28-20(21(22(29)30)33-25(28,4)5)13-15-9-11-16(12-10-15)32-14-17-18(26)7-6-8-19(17)27/h6-12,20-21H,13-14H2,1-5H3,(H,29,30)/t20-,21+/m1/s1. The third kappa shape index (κ3) is 6.14. The Labute approximate surface area is 209 Å². The van der Waals surface area contributed by atoms with Crippen LogP contribution in [0, 0.1) is 0 Å². The minimum absolute atomic E-state index is 0.204. The van der Waals surface area contributed by atoms with Crippen LogP contribution in [-0.4, -0.2) is 45.5 Å². The quantitative estimate of drug-likeness (QED) is 0.518. The molecule has 3 rings (SSSR count). The molecule has 2 atom stereocenters. The van der Waals surface area contributed by atoms with Crippen molar-refractivity contribution in [2.45, 2.75) is 71.1 Å². The lowest BCUT2D eigenvalue weighted by Gasteiger charge is -2.35. The summed E-state index contributed by atoms with van der Waals surface area (Å²) in [4.78, 5) is 26.3. The molecule has 0 aromatic heterocycles. The van der Waals surface area contributed by atoms with Crippen molar-refractivity contribution >= 4 is 35.3 Å². The second-order valence-electron chi connectivity index (χ2n) is 9.58. The summed E-state index contributed by atoms with van der Waals surface area (Å²) in [5.41, 5.74) is -0.373. The molecule has 1 N–H and O–H groups in total. The van der Waals surface area contributed by atoms with E-state index in [-0.39, 0.29) is 13.0 Å². The van der Waals surface area contributed by atoms with Crippen LogP contribution in [-0.2, 0) is 27.3 Å². The highest BCUT2D eigenvalue weighted by molar-refractivity contribution is 6.35. The van der Waals surface area contributed by atoms with E-state index in [1.807, 2.05) is 12.1 Å². The maximum Gasteiger partial charge on any atom is 0.412 e. The highest BCUT2D eigenvalue weighted by Gasteiger charge is 2.53. The van der Waals surface area contributed by atoms with Crippen molar-refractivity contribution in [1.29, 1.82) is 0 Å². The number of hydrogen-bond acceptors (Lipinski definition) is 5. The topological polar surface area (TPSA) is 85.3 Å². The first-order valence-electron chi connectivity index (χ1n) is 10.9. The van der Waals surface area contributed by atoms with Gasteiger partial charge in [0.25, 0.3) is 0 Å². The first-order chi connectivity index (χ1) is 15.8. The van der Waals surface area contributed by atoms with E-state index in [0.717, 1.165) is 5.56 Å². The van der Waals surface area contributed by atoms with Gasteiger partial charge in [0, 0.05) is 15.6 Å². The number of halogens is 2. The molecular formula is C25H29Cl2NO6. The number of carbonyl (C=O) groups excluding carboxylic acids is 1. The average molecular weight is 510 g/mol. The van der Waals surface area contributed by atoms with Crippen molar-refractivity contribution in [3.8, 4) is 5.75 Å². The predicted octanol–water partition coefficient (Wildman–Crippen LogP) is 5.94. The highest BCUT2D eigenvalue weighted by atomic mass is 35.5. The second kappa shape index (κ2) is 10.0. The Morgan fingerprint density at radius 1 is 1.09 bits per heavy atom. The first-order valence-corrected chi connectivity index (χ1v) is 11.6. The summed E-state index contributed by atoms with van der Waals surface area (Å²) in [6, 6.07) is 11.7.